The highest BCUT2D eigenvalue weighted by Crippen LogP contribution is 2.42. The predicted molar refractivity (Wildman–Crippen MR) is 145 cm³/mol. The van der Waals surface area contributed by atoms with E-state index < -0.39 is 17.2 Å². The second-order valence-electron chi connectivity index (χ2n) is 11.0. The van der Waals surface area contributed by atoms with Crippen LogP contribution in [0.3, 0.4) is 0 Å². The van der Waals surface area contributed by atoms with Crippen LogP contribution in [-0.4, -0.2) is 33.0 Å². The summed E-state index contributed by atoms with van der Waals surface area (Å²) < 4.78 is 42.0. The molecule has 0 spiro atoms. The first-order valence-electron chi connectivity index (χ1n) is 13.3. The summed E-state index contributed by atoms with van der Waals surface area (Å²) >= 11 is 0. The SMILES string of the molecule is Cc1noc(C)c1-c1cnc2c3ccc(C(C)(C)O)cc3n([C@@H](c3ccc(F)c(F)c3)C3CCOCC3)c2c1. The summed E-state index contributed by atoms with van der Waals surface area (Å²) in [5.41, 5.74) is 5.39. The van der Waals surface area contributed by atoms with Gasteiger partial charge in [0.1, 0.15) is 5.76 Å². The normalized spacial score (nSPS) is 15.9. The van der Waals surface area contributed by atoms with E-state index in [0.29, 0.717) is 24.5 Å². The number of rotatable bonds is 5. The zero-order valence-corrected chi connectivity index (χ0v) is 22.5. The van der Waals surface area contributed by atoms with Gasteiger partial charge in [-0.1, -0.05) is 23.4 Å². The highest BCUT2D eigenvalue weighted by molar-refractivity contribution is 6.07. The molecular formula is C31H31F2N3O3. The van der Waals surface area contributed by atoms with Crippen LogP contribution in [0.15, 0.2) is 53.2 Å². The molecule has 0 radical (unpaired) electrons. The van der Waals surface area contributed by atoms with Gasteiger partial charge in [-0.25, -0.2) is 8.78 Å². The van der Waals surface area contributed by atoms with Crippen LogP contribution < -0.4 is 0 Å². The first-order chi connectivity index (χ1) is 18.6. The fourth-order valence-electron chi connectivity index (χ4n) is 5.98. The zero-order chi connectivity index (χ0) is 27.5. The number of nitrogens with zero attached hydrogens (tertiary/aromatic N) is 3. The van der Waals surface area contributed by atoms with Crippen molar-refractivity contribution in [3.05, 3.63) is 82.9 Å². The smallest absolute Gasteiger partial charge is 0.159 e. The van der Waals surface area contributed by atoms with Gasteiger partial charge in [0, 0.05) is 35.9 Å². The quantitative estimate of drug-likeness (QED) is 0.265. The van der Waals surface area contributed by atoms with Gasteiger partial charge in [-0.3, -0.25) is 4.98 Å². The summed E-state index contributed by atoms with van der Waals surface area (Å²) in [5.74, 6) is -0.950. The number of ether oxygens (including phenoxy) is 1. The van der Waals surface area contributed by atoms with Crippen molar-refractivity contribution in [2.24, 2.45) is 5.92 Å². The molecule has 39 heavy (non-hydrogen) atoms. The van der Waals surface area contributed by atoms with E-state index in [1.807, 2.05) is 38.2 Å². The molecule has 8 heteroatoms. The summed E-state index contributed by atoms with van der Waals surface area (Å²) in [4.78, 5) is 4.90. The monoisotopic (exact) mass is 531 g/mol. The third-order valence-corrected chi connectivity index (χ3v) is 7.94. The van der Waals surface area contributed by atoms with E-state index in [9.17, 15) is 13.9 Å². The Kier molecular flexibility index (Phi) is 6.27. The van der Waals surface area contributed by atoms with Gasteiger partial charge in [0.25, 0.3) is 0 Å². The minimum atomic E-state index is -1.07. The van der Waals surface area contributed by atoms with Crippen LogP contribution in [0.5, 0.6) is 0 Å². The third kappa shape index (κ3) is 4.41. The fraction of sp³-hybridized carbons (Fsp3) is 0.355. The minimum Gasteiger partial charge on any atom is -0.386 e. The van der Waals surface area contributed by atoms with Gasteiger partial charge in [0.2, 0.25) is 0 Å². The molecule has 202 valence electrons. The first-order valence-corrected chi connectivity index (χ1v) is 13.3. The number of benzene rings is 2. The Balaban J connectivity index is 1.70. The molecule has 1 aliphatic heterocycles. The summed E-state index contributed by atoms with van der Waals surface area (Å²) in [6.45, 7) is 8.46. The molecule has 5 aromatic rings. The highest BCUT2D eigenvalue weighted by Gasteiger charge is 2.31. The Labute approximate surface area is 225 Å². The van der Waals surface area contributed by atoms with Crippen molar-refractivity contribution >= 4 is 21.9 Å². The van der Waals surface area contributed by atoms with Crippen molar-refractivity contribution < 1.29 is 23.1 Å². The summed E-state index contributed by atoms with van der Waals surface area (Å²) in [5, 5.41) is 15.9. The van der Waals surface area contributed by atoms with Gasteiger partial charge in [-0.05, 0) is 81.8 Å². The molecule has 0 aliphatic carbocycles. The van der Waals surface area contributed by atoms with E-state index in [-0.39, 0.29) is 12.0 Å². The van der Waals surface area contributed by atoms with E-state index >= 15 is 0 Å². The number of hydrogen-bond donors (Lipinski definition) is 1. The van der Waals surface area contributed by atoms with E-state index in [2.05, 4.69) is 15.8 Å². The van der Waals surface area contributed by atoms with Gasteiger partial charge in [-0.2, -0.15) is 0 Å². The number of halogens is 2. The standard InChI is InChI=1S/C31H31F2N3O3/c1-17-28(18(2)39-35-17)21-14-27-29(34-16-21)23-7-6-22(31(3,4)37)15-26(23)36(27)30(19-9-11-38-12-10-19)20-5-8-24(32)25(33)13-20/h5-8,13-16,19,30,37H,9-12H2,1-4H3/t30-/m1/s1. The molecule has 0 amide bonds. The Morgan fingerprint density at radius 1 is 1.00 bits per heavy atom. The number of pyridine rings is 1. The van der Waals surface area contributed by atoms with Crippen molar-refractivity contribution in [1.82, 2.24) is 14.7 Å². The summed E-state index contributed by atoms with van der Waals surface area (Å²) in [6.07, 6.45) is 3.36. The molecule has 6 rings (SSSR count). The largest absolute Gasteiger partial charge is 0.386 e. The second kappa shape index (κ2) is 9.54. The van der Waals surface area contributed by atoms with Crippen LogP contribution in [0.1, 0.15) is 55.3 Å². The van der Waals surface area contributed by atoms with Crippen LogP contribution in [0.2, 0.25) is 0 Å². The molecule has 0 bridgehead atoms. The maximum atomic E-state index is 14.7. The van der Waals surface area contributed by atoms with Gasteiger partial charge in [0.15, 0.2) is 11.6 Å². The van der Waals surface area contributed by atoms with Crippen LogP contribution in [0, 0.1) is 31.4 Å². The van der Waals surface area contributed by atoms with Crippen molar-refractivity contribution in [3.8, 4) is 11.1 Å². The Bertz CT molecular complexity index is 1670. The average Bonchev–Trinajstić information content (AvgIpc) is 3.42. The lowest BCUT2D eigenvalue weighted by Gasteiger charge is -2.33. The van der Waals surface area contributed by atoms with Crippen molar-refractivity contribution in [2.75, 3.05) is 13.2 Å². The Morgan fingerprint density at radius 2 is 1.77 bits per heavy atom. The number of fused-ring (bicyclic) bond motifs is 3. The molecule has 1 fully saturated rings. The summed E-state index contributed by atoms with van der Waals surface area (Å²) in [6, 6.07) is 11.8. The van der Waals surface area contributed by atoms with Crippen LogP contribution in [-0.2, 0) is 10.3 Å². The molecular weight excluding hydrogens is 500 g/mol. The van der Waals surface area contributed by atoms with Gasteiger partial charge in [0.05, 0.1) is 33.9 Å². The molecule has 4 heterocycles. The third-order valence-electron chi connectivity index (χ3n) is 7.94. The van der Waals surface area contributed by atoms with E-state index in [4.69, 9.17) is 14.2 Å². The van der Waals surface area contributed by atoms with Gasteiger partial charge >= 0.3 is 0 Å². The van der Waals surface area contributed by atoms with E-state index in [1.165, 1.54) is 12.1 Å². The lowest BCUT2D eigenvalue weighted by Crippen LogP contribution is -2.27. The first kappa shape index (κ1) is 25.6. The van der Waals surface area contributed by atoms with Crippen LogP contribution in [0.4, 0.5) is 8.78 Å². The molecule has 1 atom stereocenters. The Hall–Kier alpha value is -3.62. The van der Waals surface area contributed by atoms with E-state index in [0.717, 1.165) is 57.2 Å². The molecule has 3 aromatic heterocycles. The lowest BCUT2D eigenvalue weighted by atomic mass is 9.86. The Morgan fingerprint density at radius 3 is 2.44 bits per heavy atom. The molecule has 1 aliphatic rings. The molecule has 1 N–H and O–H groups in total. The lowest BCUT2D eigenvalue weighted by molar-refractivity contribution is 0.0552. The average molecular weight is 532 g/mol. The topological polar surface area (TPSA) is 73.3 Å². The maximum Gasteiger partial charge on any atom is 0.159 e. The second-order valence-corrected chi connectivity index (χ2v) is 11.0. The predicted octanol–water partition coefficient (Wildman–Crippen LogP) is 6.98. The fourth-order valence-corrected chi connectivity index (χ4v) is 5.98. The van der Waals surface area contributed by atoms with Gasteiger partial charge < -0.3 is 18.9 Å². The molecule has 1 saturated heterocycles. The minimum absolute atomic E-state index is 0.107. The number of hydrogen-bond acceptors (Lipinski definition) is 5. The zero-order valence-electron chi connectivity index (χ0n) is 22.5. The van der Waals surface area contributed by atoms with Crippen molar-refractivity contribution in [1.29, 1.82) is 0 Å². The van der Waals surface area contributed by atoms with Crippen LogP contribution in [0.25, 0.3) is 33.1 Å². The van der Waals surface area contributed by atoms with Crippen molar-refractivity contribution in [3.63, 3.8) is 0 Å². The highest BCUT2D eigenvalue weighted by atomic mass is 19.2. The van der Waals surface area contributed by atoms with E-state index in [1.54, 1.807) is 19.9 Å². The number of aliphatic hydroxyl groups is 1. The molecule has 0 unspecified atom stereocenters. The molecule has 2 aromatic carbocycles. The molecule has 0 saturated carbocycles. The van der Waals surface area contributed by atoms with Crippen molar-refractivity contribution in [2.45, 2.75) is 52.2 Å². The summed E-state index contributed by atoms with van der Waals surface area (Å²) in [7, 11) is 0. The van der Waals surface area contributed by atoms with Crippen LogP contribution >= 0.6 is 0 Å². The maximum absolute atomic E-state index is 14.7. The number of aromatic nitrogens is 3. The number of aryl methyl sites for hydroxylation is 2. The molecule has 6 nitrogen and oxygen atoms in total. The van der Waals surface area contributed by atoms with Gasteiger partial charge in [-0.15, -0.1) is 0 Å².